The van der Waals surface area contributed by atoms with E-state index < -0.39 is 72.3 Å². The van der Waals surface area contributed by atoms with Crippen LogP contribution in [0, 0.1) is 5.41 Å². The van der Waals surface area contributed by atoms with Gasteiger partial charge in [0.1, 0.15) is 10.8 Å². The van der Waals surface area contributed by atoms with Gasteiger partial charge in [-0.3, -0.25) is 13.8 Å². The smallest absolute Gasteiger partial charge is 0.333 e. The predicted molar refractivity (Wildman–Crippen MR) is 93.6 cm³/mol. The molecule has 0 aliphatic carbocycles. The molecule has 2 rings (SSSR count). The van der Waals surface area contributed by atoms with E-state index in [1.54, 1.807) is 20.8 Å². The summed E-state index contributed by atoms with van der Waals surface area (Å²) >= 11 is 0. The Labute approximate surface area is 163 Å². The van der Waals surface area contributed by atoms with E-state index in [9.17, 15) is 31.2 Å². The Morgan fingerprint density at radius 1 is 1.18 bits per heavy atom. The van der Waals surface area contributed by atoms with Crippen molar-refractivity contribution in [1.82, 2.24) is 4.90 Å². The molecule has 2 aliphatic heterocycles. The SMILES string of the molecule is CC(C)(C)C(=O)OCOC(=O)[C@@H]1N2C(=O)[C@H](OS(C)(=O)=O)[C@H]2S(=O)(=O)C1(C)C. The third kappa shape index (κ3) is 3.62. The Balaban J connectivity index is 2.21. The molecule has 0 spiro atoms. The number of hydrogen-bond acceptors (Lipinski definition) is 10. The minimum absolute atomic E-state index is 0.641. The molecule has 1 amide bonds. The first-order chi connectivity index (χ1) is 12.4. The normalized spacial score (nSPS) is 28.3. The zero-order valence-electron chi connectivity index (χ0n) is 16.3. The first-order valence-electron chi connectivity index (χ1n) is 8.20. The number of carbonyl (C=O) groups excluding carboxylic acids is 3. The molecule has 2 aliphatic rings. The molecule has 160 valence electrons. The van der Waals surface area contributed by atoms with E-state index in [1.807, 2.05) is 0 Å². The highest BCUT2D eigenvalue weighted by Gasteiger charge is 2.73. The highest BCUT2D eigenvalue weighted by Crippen LogP contribution is 2.47. The maximum Gasteiger partial charge on any atom is 0.333 e. The number of fused-ring (bicyclic) bond motifs is 1. The fourth-order valence-electron chi connectivity index (χ4n) is 2.96. The number of rotatable bonds is 5. The van der Waals surface area contributed by atoms with Gasteiger partial charge in [-0.05, 0) is 34.6 Å². The Bertz CT molecular complexity index is 913. The molecular formula is C15H23NO10S2. The number of carbonyl (C=O) groups is 3. The standard InChI is InChI=1S/C15H23NO10S2/c1-14(2,3)13(19)25-7-24-12(18)9-15(4,5)28(22,23)11-8(10(17)16(9)11)26-27(6,20)21/h8-9,11H,7H2,1-6H3/t8-,9-,11+/m0/s1. The summed E-state index contributed by atoms with van der Waals surface area (Å²) in [6.07, 6.45) is -1.07. The highest BCUT2D eigenvalue weighted by molar-refractivity contribution is 7.94. The van der Waals surface area contributed by atoms with Gasteiger partial charge < -0.3 is 14.4 Å². The van der Waals surface area contributed by atoms with Crippen LogP contribution >= 0.6 is 0 Å². The summed E-state index contributed by atoms with van der Waals surface area (Å²) in [6, 6.07) is -1.54. The van der Waals surface area contributed by atoms with Crippen molar-refractivity contribution in [2.75, 3.05) is 13.0 Å². The first-order valence-corrected chi connectivity index (χ1v) is 11.6. The van der Waals surface area contributed by atoms with Gasteiger partial charge in [-0.15, -0.1) is 0 Å². The van der Waals surface area contributed by atoms with Crippen LogP contribution in [0.5, 0.6) is 0 Å². The Morgan fingerprint density at radius 2 is 1.71 bits per heavy atom. The van der Waals surface area contributed by atoms with Gasteiger partial charge >= 0.3 is 11.9 Å². The van der Waals surface area contributed by atoms with Gasteiger partial charge in [0, 0.05) is 0 Å². The molecule has 2 fully saturated rings. The van der Waals surface area contributed by atoms with E-state index in [0.717, 1.165) is 4.90 Å². The van der Waals surface area contributed by atoms with Crippen LogP contribution in [0.25, 0.3) is 0 Å². The van der Waals surface area contributed by atoms with E-state index in [2.05, 4.69) is 4.18 Å². The molecule has 0 aromatic rings. The number of β-lactam (4-membered cyclic amide) rings is 1. The van der Waals surface area contributed by atoms with Crippen LogP contribution in [0.4, 0.5) is 0 Å². The molecule has 2 saturated heterocycles. The van der Waals surface area contributed by atoms with Gasteiger partial charge in [0.25, 0.3) is 16.0 Å². The molecule has 2 heterocycles. The van der Waals surface area contributed by atoms with E-state index in [-0.39, 0.29) is 0 Å². The van der Waals surface area contributed by atoms with Crippen LogP contribution in [0.15, 0.2) is 0 Å². The van der Waals surface area contributed by atoms with Crippen molar-refractivity contribution < 1.29 is 44.9 Å². The van der Waals surface area contributed by atoms with Gasteiger partial charge in [-0.1, -0.05) is 0 Å². The molecule has 3 atom stereocenters. The quantitative estimate of drug-likeness (QED) is 0.229. The van der Waals surface area contributed by atoms with Gasteiger partial charge in [0.05, 0.1) is 11.7 Å². The number of ether oxygens (including phenoxy) is 2. The Morgan fingerprint density at radius 3 is 2.18 bits per heavy atom. The summed E-state index contributed by atoms with van der Waals surface area (Å²) in [4.78, 5) is 37.2. The lowest BCUT2D eigenvalue weighted by atomic mass is 9.97. The summed E-state index contributed by atoms with van der Waals surface area (Å²) in [7, 11) is -8.28. The topological polar surface area (TPSA) is 150 Å². The van der Waals surface area contributed by atoms with E-state index >= 15 is 0 Å². The lowest BCUT2D eigenvalue weighted by Gasteiger charge is -2.41. The van der Waals surface area contributed by atoms with Gasteiger partial charge in [-0.2, -0.15) is 8.42 Å². The predicted octanol–water partition coefficient (Wildman–Crippen LogP) is -0.835. The van der Waals surface area contributed by atoms with Crippen molar-refractivity contribution in [1.29, 1.82) is 0 Å². The molecule has 28 heavy (non-hydrogen) atoms. The number of sulfone groups is 1. The minimum Gasteiger partial charge on any atom is -0.427 e. The molecule has 13 heteroatoms. The second-order valence-corrected chi connectivity index (χ2v) is 12.4. The third-order valence-electron chi connectivity index (χ3n) is 4.52. The molecular weight excluding hydrogens is 418 g/mol. The average Bonchev–Trinajstić information content (AvgIpc) is 2.64. The monoisotopic (exact) mass is 441 g/mol. The molecule has 0 bridgehead atoms. The fraction of sp³-hybridized carbons (Fsp3) is 0.800. The molecule has 0 aromatic carbocycles. The minimum atomic E-state index is -4.17. The maximum absolute atomic E-state index is 12.8. The lowest BCUT2D eigenvalue weighted by Crippen LogP contribution is -2.68. The van der Waals surface area contributed by atoms with E-state index in [1.165, 1.54) is 13.8 Å². The number of amides is 1. The lowest BCUT2D eigenvalue weighted by molar-refractivity contribution is -0.182. The van der Waals surface area contributed by atoms with Gasteiger partial charge in [-0.25, -0.2) is 13.2 Å². The van der Waals surface area contributed by atoms with Crippen molar-refractivity contribution in [2.24, 2.45) is 5.41 Å². The molecule has 11 nitrogen and oxygen atoms in total. The number of esters is 2. The molecule has 0 radical (unpaired) electrons. The molecule has 0 unspecified atom stereocenters. The van der Waals surface area contributed by atoms with Crippen molar-refractivity contribution in [3.8, 4) is 0 Å². The second kappa shape index (κ2) is 6.66. The summed E-state index contributed by atoms with van der Waals surface area (Å²) < 4.78 is 60.7. The van der Waals surface area contributed by atoms with Gasteiger partial charge in [0.15, 0.2) is 21.3 Å². The van der Waals surface area contributed by atoms with Crippen LogP contribution in [-0.2, 0) is 48.0 Å². The summed E-state index contributed by atoms with van der Waals surface area (Å²) in [5, 5.41) is -1.63. The largest absolute Gasteiger partial charge is 0.427 e. The summed E-state index contributed by atoms with van der Waals surface area (Å²) in [5.41, 5.74) is -0.836. The molecule has 0 saturated carbocycles. The third-order valence-corrected chi connectivity index (χ3v) is 7.88. The molecule has 0 N–H and O–H groups in total. The van der Waals surface area contributed by atoms with E-state index in [4.69, 9.17) is 9.47 Å². The zero-order chi connectivity index (χ0) is 21.9. The van der Waals surface area contributed by atoms with Crippen LogP contribution in [-0.4, -0.2) is 74.9 Å². The van der Waals surface area contributed by atoms with Crippen molar-refractivity contribution in [3.05, 3.63) is 0 Å². The van der Waals surface area contributed by atoms with Crippen LogP contribution < -0.4 is 0 Å². The summed E-state index contributed by atoms with van der Waals surface area (Å²) in [5.74, 6) is -2.69. The van der Waals surface area contributed by atoms with Crippen LogP contribution in [0.2, 0.25) is 0 Å². The number of hydrogen-bond donors (Lipinski definition) is 0. The molecule has 0 aromatic heterocycles. The Hall–Kier alpha value is -1.73. The second-order valence-electron chi connectivity index (χ2n) is 8.17. The average molecular weight is 441 g/mol. The maximum atomic E-state index is 12.8. The first kappa shape index (κ1) is 22.6. The van der Waals surface area contributed by atoms with Crippen molar-refractivity contribution in [2.45, 2.75) is 56.9 Å². The number of nitrogens with zero attached hydrogens (tertiary/aromatic N) is 1. The Kier molecular flexibility index (Phi) is 5.37. The van der Waals surface area contributed by atoms with Crippen LogP contribution in [0.3, 0.4) is 0 Å². The van der Waals surface area contributed by atoms with E-state index in [0.29, 0.717) is 6.26 Å². The van der Waals surface area contributed by atoms with Crippen molar-refractivity contribution >= 4 is 37.8 Å². The highest BCUT2D eigenvalue weighted by atomic mass is 32.2. The zero-order valence-corrected chi connectivity index (χ0v) is 17.9. The van der Waals surface area contributed by atoms with Crippen LogP contribution in [0.1, 0.15) is 34.6 Å². The van der Waals surface area contributed by atoms with Gasteiger partial charge in [0.2, 0.25) is 6.79 Å². The summed E-state index contributed by atoms with van der Waals surface area (Å²) in [6.45, 7) is 6.47. The van der Waals surface area contributed by atoms with Crippen molar-refractivity contribution in [3.63, 3.8) is 0 Å². The fourth-order valence-corrected chi connectivity index (χ4v) is 5.76.